The van der Waals surface area contributed by atoms with Crippen LogP contribution in [0.1, 0.15) is 5.76 Å². The summed E-state index contributed by atoms with van der Waals surface area (Å²) < 4.78 is 11.5. The Labute approximate surface area is 121 Å². The van der Waals surface area contributed by atoms with Gasteiger partial charge in [0.1, 0.15) is 28.3 Å². The Morgan fingerprint density at radius 1 is 1.30 bits per heavy atom. The highest BCUT2D eigenvalue weighted by atomic mass is 79.9. The number of nitrogens with two attached hydrogens (primary N) is 1. The fraction of sp³-hybridized carbons (Fsp3) is 0. The summed E-state index contributed by atoms with van der Waals surface area (Å²) in [5.74, 6) is 0.860. The molecule has 3 aromatic rings. The molecule has 0 saturated carbocycles. The van der Waals surface area contributed by atoms with Crippen LogP contribution in [0.5, 0.6) is 11.6 Å². The van der Waals surface area contributed by atoms with Gasteiger partial charge in [-0.2, -0.15) is 5.26 Å². The van der Waals surface area contributed by atoms with Crippen LogP contribution in [0.3, 0.4) is 0 Å². The Morgan fingerprint density at radius 3 is 2.90 bits per heavy atom. The van der Waals surface area contributed by atoms with E-state index in [1.165, 1.54) is 6.33 Å². The predicted octanol–water partition coefficient (Wildman–Crippen LogP) is 3.23. The average Bonchev–Trinajstić information content (AvgIpc) is 2.82. The van der Waals surface area contributed by atoms with Gasteiger partial charge in [-0.1, -0.05) is 12.1 Å². The number of benzene rings is 1. The number of para-hydroxylation sites is 1. The van der Waals surface area contributed by atoms with E-state index in [1.807, 2.05) is 18.2 Å². The summed E-state index contributed by atoms with van der Waals surface area (Å²) in [5.41, 5.74) is 6.23. The Balaban J connectivity index is 2.15. The summed E-state index contributed by atoms with van der Waals surface area (Å²) in [6, 6.07) is 9.16. The van der Waals surface area contributed by atoms with Crippen LogP contribution in [0.2, 0.25) is 0 Å². The molecule has 1 aromatic carbocycles. The maximum absolute atomic E-state index is 9.13. The Kier molecular flexibility index (Phi) is 3.00. The molecule has 6 nitrogen and oxygen atoms in total. The SMILES string of the molecule is N#Cc1oc2ccccc2c1Oc1ncnc(N)c1Br. The number of aromatic nitrogens is 2. The standard InChI is InChI=1S/C13H7BrN4O2/c14-10-12(16)17-6-18-13(10)20-11-7-3-1-2-4-8(7)19-9(11)5-15/h1-4,6H,(H2,16,17,18). The molecule has 0 bridgehead atoms. The summed E-state index contributed by atoms with van der Waals surface area (Å²) in [6.07, 6.45) is 1.28. The number of hydrogen-bond donors (Lipinski definition) is 1. The van der Waals surface area contributed by atoms with E-state index in [4.69, 9.17) is 20.1 Å². The van der Waals surface area contributed by atoms with Gasteiger partial charge in [-0.05, 0) is 28.1 Å². The highest BCUT2D eigenvalue weighted by Gasteiger charge is 2.18. The number of hydrogen-bond acceptors (Lipinski definition) is 6. The molecule has 20 heavy (non-hydrogen) atoms. The lowest BCUT2D eigenvalue weighted by atomic mass is 10.2. The van der Waals surface area contributed by atoms with Crippen molar-refractivity contribution in [3.05, 3.63) is 40.8 Å². The molecule has 0 unspecified atom stereocenters. The van der Waals surface area contributed by atoms with Crippen molar-refractivity contribution in [3.63, 3.8) is 0 Å². The second-order valence-corrected chi connectivity index (χ2v) is 4.64. The number of furan rings is 1. The van der Waals surface area contributed by atoms with Crippen LogP contribution in [0.4, 0.5) is 5.82 Å². The van der Waals surface area contributed by atoms with Gasteiger partial charge >= 0.3 is 0 Å². The van der Waals surface area contributed by atoms with E-state index in [0.29, 0.717) is 21.2 Å². The fourth-order valence-corrected chi connectivity index (χ4v) is 2.02. The van der Waals surface area contributed by atoms with Gasteiger partial charge in [0.05, 0.1) is 5.39 Å². The number of rotatable bonds is 2. The van der Waals surface area contributed by atoms with Crippen LogP contribution in [0.25, 0.3) is 11.0 Å². The number of halogens is 1. The van der Waals surface area contributed by atoms with Crippen molar-refractivity contribution in [2.75, 3.05) is 5.73 Å². The van der Waals surface area contributed by atoms with Gasteiger partial charge in [-0.15, -0.1) is 0 Å². The van der Waals surface area contributed by atoms with Gasteiger partial charge in [0.2, 0.25) is 11.6 Å². The molecule has 98 valence electrons. The number of fused-ring (bicyclic) bond motifs is 1. The first-order valence-electron chi connectivity index (χ1n) is 5.56. The van der Waals surface area contributed by atoms with Crippen LogP contribution in [0.15, 0.2) is 39.5 Å². The van der Waals surface area contributed by atoms with Gasteiger partial charge in [-0.25, -0.2) is 9.97 Å². The summed E-state index contributed by atoms with van der Waals surface area (Å²) in [7, 11) is 0. The van der Waals surface area contributed by atoms with E-state index >= 15 is 0 Å². The minimum Gasteiger partial charge on any atom is -0.442 e. The van der Waals surface area contributed by atoms with E-state index in [0.717, 1.165) is 0 Å². The third-order valence-electron chi connectivity index (χ3n) is 2.63. The van der Waals surface area contributed by atoms with Gasteiger partial charge in [-0.3, -0.25) is 0 Å². The molecule has 7 heteroatoms. The van der Waals surface area contributed by atoms with Gasteiger partial charge in [0.25, 0.3) is 0 Å². The molecule has 0 saturated heterocycles. The van der Waals surface area contributed by atoms with Crippen molar-refractivity contribution in [3.8, 4) is 17.7 Å². The topological polar surface area (TPSA) is 98.0 Å². The number of ether oxygens (including phenoxy) is 1. The second kappa shape index (κ2) is 4.83. The summed E-state index contributed by atoms with van der Waals surface area (Å²) in [5, 5.41) is 9.82. The number of nitrogens with zero attached hydrogens (tertiary/aromatic N) is 3. The van der Waals surface area contributed by atoms with Crippen molar-refractivity contribution < 1.29 is 9.15 Å². The molecule has 0 atom stereocenters. The molecular weight excluding hydrogens is 324 g/mol. The zero-order chi connectivity index (χ0) is 14.1. The number of nitriles is 1. The van der Waals surface area contributed by atoms with Crippen molar-refractivity contribution in [2.24, 2.45) is 0 Å². The lowest BCUT2D eigenvalue weighted by molar-refractivity contribution is 0.447. The second-order valence-electron chi connectivity index (χ2n) is 3.85. The third kappa shape index (κ3) is 1.96. The highest BCUT2D eigenvalue weighted by molar-refractivity contribution is 9.10. The molecule has 2 aromatic heterocycles. The first kappa shape index (κ1) is 12.4. The van der Waals surface area contributed by atoms with Crippen molar-refractivity contribution in [1.29, 1.82) is 5.26 Å². The minimum absolute atomic E-state index is 0.0790. The quantitative estimate of drug-likeness (QED) is 0.774. The van der Waals surface area contributed by atoms with E-state index in [1.54, 1.807) is 12.1 Å². The van der Waals surface area contributed by atoms with Crippen molar-refractivity contribution in [1.82, 2.24) is 9.97 Å². The molecule has 0 aliphatic carbocycles. The van der Waals surface area contributed by atoms with E-state index in [-0.39, 0.29) is 17.5 Å². The van der Waals surface area contributed by atoms with Crippen LogP contribution in [-0.2, 0) is 0 Å². The zero-order valence-corrected chi connectivity index (χ0v) is 11.6. The van der Waals surface area contributed by atoms with Crippen LogP contribution < -0.4 is 10.5 Å². The molecule has 0 aliphatic heterocycles. The Bertz CT molecular complexity index is 838. The molecule has 2 heterocycles. The third-order valence-corrected chi connectivity index (χ3v) is 3.38. The Morgan fingerprint density at radius 2 is 2.10 bits per heavy atom. The van der Waals surface area contributed by atoms with Gasteiger partial charge in [0, 0.05) is 0 Å². The van der Waals surface area contributed by atoms with Crippen molar-refractivity contribution >= 4 is 32.7 Å². The van der Waals surface area contributed by atoms with E-state index < -0.39 is 0 Å². The molecule has 3 rings (SSSR count). The molecule has 2 N–H and O–H groups in total. The first-order chi connectivity index (χ1) is 9.70. The molecule has 0 fully saturated rings. The smallest absolute Gasteiger partial charge is 0.247 e. The molecular formula is C13H7BrN4O2. The Hall–Kier alpha value is -2.59. The zero-order valence-electron chi connectivity index (χ0n) is 10.0. The minimum atomic E-state index is 0.0790. The van der Waals surface area contributed by atoms with Gasteiger partial charge in [0.15, 0.2) is 5.75 Å². The maximum Gasteiger partial charge on any atom is 0.247 e. The highest BCUT2D eigenvalue weighted by Crippen LogP contribution is 2.38. The summed E-state index contributed by atoms with van der Waals surface area (Å²) in [4.78, 5) is 7.81. The molecule has 0 radical (unpaired) electrons. The van der Waals surface area contributed by atoms with E-state index in [2.05, 4.69) is 25.9 Å². The van der Waals surface area contributed by atoms with Crippen LogP contribution in [0, 0.1) is 11.3 Å². The van der Waals surface area contributed by atoms with Crippen LogP contribution in [-0.4, -0.2) is 9.97 Å². The maximum atomic E-state index is 9.13. The summed E-state index contributed by atoms with van der Waals surface area (Å²) >= 11 is 3.25. The number of nitrogen functional groups attached to an aromatic ring is 1. The first-order valence-corrected chi connectivity index (χ1v) is 6.35. The monoisotopic (exact) mass is 330 g/mol. The van der Waals surface area contributed by atoms with Crippen LogP contribution >= 0.6 is 15.9 Å². The lowest BCUT2D eigenvalue weighted by Gasteiger charge is -2.05. The fourth-order valence-electron chi connectivity index (χ4n) is 1.73. The largest absolute Gasteiger partial charge is 0.442 e. The predicted molar refractivity (Wildman–Crippen MR) is 75.1 cm³/mol. The van der Waals surface area contributed by atoms with Gasteiger partial charge < -0.3 is 14.9 Å². The lowest BCUT2D eigenvalue weighted by Crippen LogP contribution is -1.97. The molecule has 0 aliphatic rings. The number of anilines is 1. The average molecular weight is 331 g/mol. The molecule has 0 spiro atoms. The van der Waals surface area contributed by atoms with E-state index in [9.17, 15) is 0 Å². The summed E-state index contributed by atoms with van der Waals surface area (Å²) in [6.45, 7) is 0. The normalized spacial score (nSPS) is 10.4. The molecule has 0 amide bonds. The van der Waals surface area contributed by atoms with Crippen molar-refractivity contribution in [2.45, 2.75) is 0 Å².